The van der Waals surface area contributed by atoms with Crippen LogP contribution in [-0.4, -0.2) is 21.6 Å². The Bertz CT molecular complexity index is 1060. The highest BCUT2D eigenvalue weighted by Gasteiger charge is 2.21. The van der Waals surface area contributed by atoms with Gasteiger partial charge in [-0.3, -0.25) is 9.59 Å². The quantitative estimate of drug-likeness (QED) is 0.586. The molecule has 3 rings (SSSR count). The number of rotatable bonds is 5. The van der Waals surface area contributed by atoms with Gasteiger partial charge in [0.25, 0.3) is 5.91 Å². The first-order valence-electron chi connectivity index (χ1n) is 9.27. The second-order valence-corrected chi connectivity index (χ2v) is 7.85. The molecule has 0 bridgehead atoms. The number of anilines is 1. The minimum absolute atomic E-state index is 0.134. The molecule has 7 heteroatoms. The summed E-state index contributed by atoms with van der Waals surface area (Å²) in [5.74, 6) is -0.314. The van der Waals surface area contributed by atoms with Crippen LogP contribution >= 0.6 is 15.9 Å². The fourth-order valence-corrected chi connectivity index (χ4v) is 3.51. The monoisotopic (exact) mass is 454 g/mol. The Morgan fingerprint density at radius 3 is 2.45 bits per heavy atom. The van der Waals surface area contributed by atoms with Crippen LogP contribution in [0.25, 0.3) is 5.69 Å². The van der Waals surface area contributed by atoms with Crippen molar-refractivity contribution in [1.82, 2.24) is 15.1 Å². The smallest absolute Gasteiger partial charge is 0.255 e. The molecule has 2 N–H and O–H groups in total. The molecule has 2 aromatic carbocycles. The molecule has 1 unspecified atom stereocenters. The average molecular weight is 455 g/mol. The minimum atomic E-state index is -0.231. The summed E-state index contributed by atoms with van der Waals surface area (Å²) in [4.78, 5) is 24.3. The highest BCUT2D eigenvalue weighted by Crippen LogP contribution is 2.22. The lowest BCUT2D eigenvalue weighted by atomic mass is 10.1. The van der Waals surface area contributed by atoms with E-state index in [9.17, 15) is 9.59 Å². The third-order valence-electron chi connectivity index (χ3n) is 4.64. The van der Waals surface area contributed by atoms with Crippen molar-refractivity contribution in [3.8, 4) is 5.69 Å². The Labute approximate surface area is 178 Å². The van der Waals surface area contributed by atoms with E-state index >= 15 is 0 Å². The second kappa shape index (κ2) is 8.61. The Morgan fingerprint density at radius 1 is 1.10 bits per heavy atom. The number of carbonyl (C=O) groups is 2. The zero-order valence-electron chi connectivity index (χ0n) is 16.8. The third-order valence-corrected chi connectivity index (χ3v) is 5.17. The Balaban J connectivity index is 1.82. The van der Waals surface area contributed by atoms with Gasteiger partial charge in [0, 0.05) is 17.1 Å². The molecular weight excluding hydrogens is 432 g/mol. The fraction of sp³-hybridized carbons (Fsp3) is 0.227. The van der Waals surface area contributed by atoms with Crippen LogP contribution in [0.2, 0.25) is 0 Å². The molecule has 0 aliphatic rings. The fourth-order valence-electron chi connectivity index (χ4n) is 3.25. The first kappa shape index (κ1) is 20.8. The van der Waals surface area contributed by atoms with Gasteiger partial charge < -0.3 is 10.6 Å². The number of nitrogens with zero attached hydrogens (tertiary/aromatic N) is 2. The van der Waals surface area contributed by atoms with Gasteiger partial charge in [-0.2, -0.15) is 5.10 Å². The van der Waals surface area contributed by atoms with E-state index in [4.69, 9.17) is 0 Å². The van der Waals surface area contributed by atoms with E-state index in [-0.39, 0.29) is 17.9 Å². The number of benzene rings is 2. The summed E-state index contributed by atoms with van der Waals surface area (Å²) in [6, 6.07) is 15.0. The molecule has 1 heterocycles. The maximum absolute atomic E-state index is 13.0. The normalized spacial score (nSPS) is 11.8. The number of amides is 2. The van der Waals surface area contributed by atoms with Crippen molar-refractivity contribution in [2.45, 2.75) is 33.7 Å². The van der Waals surface area contributed by atoms with Crippen LogP contribution in [0.15, 0.2) is 53.0 Å². The molecule has 0 spiro atoms. The van der Waals surface area contributed by atoms with Gasteiger partial charge in [0.05, 0.1) is 28.7 Å². The van der Waals surface area contributed by atoms with Gasteiger partial charge in [-0.25, -0.2) is 4.68 Å². The van der Waals surface area contributed by atoms with Gasteiger partial charge >= 0.3 is 0 Å². The number of aryl methyl sites for hydroxylation is 1. The van der Waals surface area contributed by atoms with E-state index in [0.717, 1.165) is 21.4 Å². The molecule has 150 valence electrons. The maximum atomic E-state index is 13.0. The van der Waals surface area contributed by atoms with Crippen LogP contribution in [0, 0.1) is 13.8 Å². The molecule has 1 atom stereocenters. The Hall–Kier alpha value is -2.93. The predicted molar refractivity (Wildman–Crippen MR) is 117 cm³/mol. The molecule has 0 saturated heterocycles. The van der Waals surface area contributed by atoms with Gasteiger partial charge in [-0.1, -0.05) is 28.1 Å². The van der Waals surface area contributed by atoms with Crippen LogP contribution in [0.3, 0.4) is 0 Å². The summed E-state index contributed by atoms with van der Waals surface area (Å²) in [5, 5.41) is 10.3. The number of aromatic nitrogens is 2. The summed E-state index contributed by atoms with van der Waals surface area (Å²) in [6.45, 7) is 7.10. The highest BCUT2D eigenvalue weighted by molar-refractivity contribution is 9.10. The van der Waals surface area contributed by atoms with E-state index in [1.54, 1.807) is 4.68 Å². The lowest BCUT2D eigenvalue weighted by Gasteiger charge is -2.16. The lowest BCUT2D eigenvalue weighted by Crippen LogP contribution is -2.27. The van der Waals surface area contributed by atoms with Gasteiger partial charge in [0.2, 0.25) is 5.91 Å². The molecule has 2 amide bonds. The van der Waals surface area contributed by atoms with Crippen molar-refractivity contribution in [3.63, 3.8) is 0 Å². The minimum Gasteiger partial charge on any atom is -0.345 e. The van der Waals surface area contributed by atoms with Crippen LogP contribution in [-0.2, 0) is 4.79 Å². The van der Waals surface area contributed by atoms with Crippen LogP contribution < -0.4 is 10.6 Å². The number of carbonyl (C=O) groups excluding carboxylic acids is 2. The largest absolute Gasteiger partial charge is 0.345 e. The molecule has 0 saturated carbocycles. The summed E-state index contributed by atoms with van der Waals surface area (Å²) in [5.41, 5.74) is 4.51. The first-order chi connectivity index (χ1) is 13.8. The maximum Gasteiger partial charge on any atom is 0.255 e. The molecule has 1 aromatic heterocycles. The van der Waals surface area contributed by atoms with Crippen LogP contribution in [0.4, 0.5) is 5.69 Å². The van der Waals surface area contributed by atoms with E-state index < -0.39 is 0 Å². The summed E-state index contributed by atoms with van der Waals surface area (Å²) in [7, 11) is 0. The number of nitrogens with one attached hydrogen (secondary N) is 2. The zero-order valence-corrected chi connectivity index (χ0v) is 18.4. The second-order valence-electron chi connectivity index (χ2n) is 6.94. The Kier molecular flexibility index (Phi) is 6.17. The van der Waals surface area contributed by atoms with Crippen LogP contribution in [0.1, 0.15) is 47.2 Å². The number of hydrogen-bond acceptors (Lipinski definition) is 3. The van der Waals surface area contributed by atoms with Gasteiger partial charge in [0.1, 0.15) is 0 Å². The molecule has 0 radical (unpaired) electrons. The topological polar surface area (TPSA) is 76.0 Å². The zero-order chi connectivity index (χ0) is 21.1. The summed E-state index contributed by atoms with van der Waals surface area (Å²) in [6.07, 6.45) is 0. The third kappa shape index (κ3) is 4.74. The molecule has 3 aromatic rings. The Morgan fingerprint density at radius 2 is 1.79 bits per heavy atom. The summed E-state index contributed by atoms with van der Waals surface area (Å²) >= 11 is 3.43. The summed E-state index contributed by atoms with van der Waals surface area (Å²) < 4.78 is 2.76. The van der Waals surface area contributed by atoms with E-state index in [0.29, 0.717) is 16.9 Å². The molecule has 6 nitrogen and oxygen atoms in total. The van der Waals surface area contributed by atoms with Crippen molar-refractivity contribution in [1.29, 1.82) is 0 Å². The van der Waals surface area contributed by atoms with Crippen molar-refractivity contribution >= 4 is 33.4 Å². The lowest BCUT2D eigenvalue weighted by molar-refractivity contribution is -0.114. The molecule has 0 fully saturated rings. The van der Waals surface area contributed by atoms with Gasteiger partial charge in [-0.15, -0.1) is 0 Å². The van der Waals surface area contributed by atoms with Gasteiger partial charge in [-0.05, 0) is 62.7 Å². The van der Waals surface area contributed by atoms with Crippen LogP contribution in [0.5, 0.6) is 0 Å². The van der Waals surface area contributed by atoms with Crippen molar-refractivity contribution in [2.75, 3.05) is 5.32 Å². The van der Waals surface area contributed by atoms with Crippen molar-refractivity contribution in [3.05, 3.63) is 75.5 Å². The average Bonchev–Trinajstić information content (AvgIpc) is 2.96. The molecule has 0 aliphatic carbocycles. The highest BCUT2D eigenvalue weighted by atomic mass is 79.9. The molecule has 0 aliphatic heterocycles. The first-order valence-corrected chi connectivity index (χ1v) is 10.1. The predicted octanol–water partition coefficient (Wildman–Crippen LogP) is 4.70. The standard InChI is InChI=1S/C22H23BrN4O2/c1-13(17-6-5-7-19(12-17)25-16(4)28)24-22(29)21-14(2)26-27(15(21)3)20-10-8-18(23)9-11-20/h5-13H,1-4H3,(H,24,29)(H,25,28). The SMILES string of the molecule is CC(=O)Nc1cccc(C(C)NC(=O)c2c(C)nn(-c3ccc(Br)cc3)c2C)c1. The van der Waals surface area contributed by atoms with Crippen molar-refractivity contribution < 1.29 is 9.59 Å². The number of halogens is 1. The van der Waals surface area contributed by atoms with E-state index in [1.807, 2.05) is 69.3 Å². The van der Waals surface area contributed by atoms with E-state index in [1.165, 1.54) is 6.92 Å². The van der Waals surface area contributed by atoms with Crippen molar-refractivity contribution in [2.24, 2.45) is 0 Å². The number of hydrogen-bond donors (Lipinski definition) is 2. The van der Waals surface area contributed by atoms with Gasteiger partial charge in [0.15, 0.2) is 0 Å². The molecular formula is C22H23BrN4O2. The van der Waals surface area contributed by atoms with E-state index in [2.05, 4.69) is 31.7 Å². The molecule has 29 heavy (non-hydrogen) atoms.